The summed E-state index contributed by atoms with van der Waals surface area (Å²) in [6, 6.07) is 11.2. The maximum Gasteiger partial charge on any atom is 0.338 e. The minimum absolute atomic E-state index is 0.143. The Bertz CT molecular complexity index is 841. The molecule has 0 aliphatic rings. The molecule has 0 amide bonds. The van der Waals surface area contributed by atoms with E-state index in [1.165, 1.54) is 0 Å². The van der Waals surface area contributed by atoms with E-state index in [0.29, 0.717) is 11.1 Å². The Morgan fingerprint density at radius 3 is 1.89 bits per heavy atom. The summed E-state index contributed by atoms with van der Waals surface area (Å²) in [4.78, 5) is 24.3. The first-order chi connectivity index (χ1) is 13.3. The highest BCUT2D eigenvalue weighted by atomic mass is 16.6. The number of aryl methyl sites for hydroxylation is 4. The maximum atomic E-state index is 12.2. The molecule has 1 unspecified atom stereocenters. The molecule has 5 heteroatoms. The monoisotopic (exact) mass is 384 g/mol. The van der Waals surface area contributed by atoms with Crippen molar-refractivity contribution < 1.29 is 23.8 Å². The largest absolute Gasteiger partial charge is 0.460 e. The first-order valence-corrected chi connectivity index (χ1v) is 9.38. The Labute approximate surface area is 166 Å². The average molecular weight is 384 g/mol. The Balaban J connectivity index is 1.70. The first kappa shape index (κ1) is 21.6. The highest BCUT2D eigenvalue weighted by molar-refractivity contribution is 5.91. The zero-order valence-electron chi connectivity index (χ0n) is 17.2. The first-order valence-electron chi connectivity index (χ1n) is 9.38. The topological polar surface area (TPSA) is 61.8 Å². The van der Waals surface area contributed by atoms with Crippen molar-refractivity contribution in [1.82, 2.24) is 0 Å². The molecule has 5 nitrogen and oxygen atoms in total. The second-order valence-electron chi connectivity index (χ2n) is 7.06. The van der Waals surface area contributed by atoms with E-state index in [2.05, 4.69) is 0 Å². The summed E-state index contributed by atoms with van der Waals surface area (Å²) in [7, 11) is 0. The molecule has 0 heterocycles. The van der Waals surface area contributed by atoms with Crippen LogP contribution in [0.15, 0.2) is 36.4 Å². The molecule has 0 fully saturated rings. The molecular formula is C23H28O5. The maximum absolute atomic E-state index is 12.2. The zero-order valence-corrected chi connectivity index (χ0v) is 17.2. The molecule has 2 rings (SSSR count). The normalized spacial score (nSPS) is 11.8. The van der Waals surface area contributed by atoms with Crippen LogP contribution in [0.4, 0.5) is 0 Å². The molecule has 0 saturated heterocycles. The highest BCUT2D eigenvalue weighted by Gasteiger charge is 2.15. The molecule has 0 radical (unpaired) electrons. The number of esters is 2. The smallest absolute Gasteiger partial charge is 0.338 e. The summed E-state index contributed by atoms with van der Waals surface area (Å²) in [5.74, 6) is -0.731. The number of carbonyl (C=O) groups is 2. The van der Waals surface area contributed by atoms with Gasteiger partial charge in [0, 0.05) is 0 Å². The van der Waals surface area contributed by atoms with Gasteiger partial charge >= 0.3 is 11.9 Å². The lowest BCUT2D eigenvalue weighted by Gasteiger charge is -2.15. The predicted molar refractivity (Wildman–Crippen MR) is 108 cm³/mol. The third kappa shape index (κ3) is 6.20. The lowest BCUT2D eigenvalue weighted by Crippen LogP contribution is -2.22. The SMILES string of the molecule is Cc1ccc(C(=O)OCCOCC(C)OC(=O)c2ccc(C)cc2C)c(C)c1. The van der Waals surface area contributed by atoms with Gasteiger partial charge in [0.05, 0.1) is 24.3 Å². The van der Waals surface area contributed by atoms with E-state index in [9.17, 15) is 9.59 Å². The van der Waals surface area contributed by atoms with Crippen molar-refractivity contribution in [3.8, 4) is 0 Å². The third-order valence-electron chi connectivity index (χ3n) is 4.33. The van der Waals surface area contributed by atoms with Crippen molar-refractivity contribution >= 4 is 11.9 Å². The third-order valence-corrected chi connectivity index (χ3v) is 4.33. The summed E-state index contributed by atoms with van der Waals surface area (Å²) >= 11 is 0. The van der Waals surface area contributed by atoms with Crippen LogP contribution in [0.5, 0.6) is 0 Å². The second-order valence-corrected chi connectivity index (χ2v) is 7.06. The van der Waals surface area contributed by atoms with Crippen LogP contribution >= 0.6 is 0 Å². The fraction of sp³-hybridized carbons (Fsp3) is 0.391. The van der Waals surface area contributed by atoms with Crippen molar-refractivity contribution in [3.05, 3.63) is 69.8 Å². The van der Waals surface area contributed by atoms with Gasteiger partial charge in [0.15, 0.2) is 0 Å². The molecule has 0 spiro atoms. The van der Waals surface area contributed by atoms with E-state index >= 15 is 0 Å². The van der Waals surface area contributed by atoms with Gasteiger partial charge in [-0.05, 0) is 57.9 Å². The van der Waals surface area contributed by atoms with E-state index in [-0.39, 0.29) is 31.8 Å². The summed E-state index contributed by atoms with van der Waals surface area (Å²) in [5, 5.41) is 0. The Morgan fingerprint density at radius 1 is 0.821 bits per heavy atom. The molecule has 28 heavy (non-hydrogen) atoms. The van der Waals surface area contributed by atoms with Crippen LogP contribution in [0.2, 0.25) is 0 Å². The fourth-order valence-electron chi connectivity index (χ4n) is 2.89. The Morgan fingerprint density at radius 2 is 1.36 bits per heavy atom. The number of hydrogen-bond donors (Lipinski definition) is 0. The molecule has 1 atom stereocenters. The van der Waals surface area contributed by atoms with E-state index in [1.54, 1.807) is 19.1 Å². The van der Waals surface area contributed by atoms with Crippen LogP contribution in [0.25, 0.3) is 0 Å². The quantitative estimate of drug-likeness (QED) is 0.500. The molecule has 0 bridgehead atoms. The number of carbonyl (C=O) groups excluding carboxylic acids is 2. The number of benzene rings is 2. The van der Waals surface area contributed by atoms with Gasteiger partial charge in [-0.1, -0.05) is 35.4 Å². The number of hydrogen-bond acceptors (Lipinski definition) is 5. The van der Waals surface area contributed by atoms with Gasteiger partial charge in [0.2, 0.25) is 0 Å². The van der Waals surface area contributed by atoms with Crippen LogP contribution < -0.4 is 0 Å². The molecule has 0 saturated carbocycles. The number of rotatable bonds is 8. The standard InChI is InChI=1S/C23H28O5/c1-15-6-8-20(17(3)12-15)22(24)27-11-10-26-14-19(5)28-23(25)21-9-7-16(2)13-18(21)4/h6-9,12-13,19H,10-11,14H2,1-5H3. The summed E-state index contributed by atoms with van der Waals surface area (Å²) < 4.78 is 16.1. The van der Waals surface area contributed by atoms with Crippen LogP contribution in [-0.2, 0) is 14.2 Å². The lowest BCUT2D eigenvalue weighted by atomic mass is 10.1. The predicted octanol–water partition coefficient (Wildman–Crippen LogP) is 4.34. The van der Waals surface area contributed by atoms with Gasteiger partial charge < -0.3 is 14.2 Å². The van der Waals surface area contributed by atoms with Crippen LogP contribution in [0, 0.1) is 27.7 Å². The molecule has 0 aromatic heterocycles. The number of ether oxygens (including phenoxy) is 3. The van der Waals surface area contributed by atoms with E-state index < -0.39 is 6.10 Å². The minimum atomic E-state index is -0.400. The molecule has 150 valence electrons. The minimum Gasteiger partial charge on any atom is -0.460 e. The van der Waals surface area contributed by atoms with Crippen molar-refractivity contribution in [3.63, 3.8) is 0 Å². The van der Waals surface area contributed by atoms with Crippen LogP contribution in [-0.4, -0.2) is 37.9 Å². The Hall–Kier alpha value is -2.66. The van der Waals surface area contributed by atoms with Gasteiger partial charge in [-0.25, -0.2) is 9.59 Å². The van der Waals surface area contributed by atoms with Gasteiger partial charge in [-0.2, -0.15) is 0 Å². The van der Waals surface area contributed by atoms with Gasteiger partial charge in [-0.15, -0.1) is 0 Å². The second kappa shape index (κ2) is 10.0. The van der Waals surface area contributed by atoms with E-state index in [4.69, 9.17) is 14.2 Å². The highest BCUT2D eigenvalue weighted by Crippen LogP contribution is 2.13. The van der Waals surface area contributed by atoms with E-state index in [1.807, 2.05) is 52.0 Å². The summed E-state index contributed by atoms with van der Waals surface area (Å²) in [6.45, 7) is 10.1. The zero-order chi connectivity index (χ0) is 20.7. The van der Waals surface area contributed by atoms with Gasteiger partial charge in [-0.3, -0.25) is 0 Å². The Kier molecular flexibility index (Phi) is 7.76. The van der Waals surface area contributed by atoms with E-state index in [0.717, 1.165) is 22.3 Å². The van der Waals surface area contributed by atoms with Crippen LogP contribution in [0.1, 0.15) is 49.9 Å². The van der Waals surface area contributed by atoms with Crippen LogP contribution in [0.3, 0.4) is 0 Å². The summed E-state index contributed by atoms with van der Waals surface area (Å²) in [6.07, 6.45) is -0.400. The lowest BCUT2D eigenvalue weighted by molar-refractivity contribution is -0.00885. The molecular weight excluding hydrogens is 356 g/mol. The summed E-state index contributed by atoms with van der Waals surface area (Å²) in [5.41, 5.74) is 5.08. The average Bonchev–Trinajstić information content (AvgIpc) is 2.61. The molecule has 2 aromatic rings. The molecule has 2 aromatic carbocycles. The van der Waals surface area contributed by atoms with Crippen molar-refractivity contribution in [2.75, 3.05) is 19.8 Å². The van der Waals surface area contributed by atoms with Crippen molar-refractivity contribution in [2.24, 2.45) is 0 Å². The van der Waals surface area contributed by atoms with Gasteiger partial charge in [0.1, 0.15) is 12.7 Å². The van der Waals surface area contributed by atoms with Crippen molar-refractivity contribution in [1.29, 1.82) is 0 Å². The molecule has 0 aliphatic carbocycles. The molecule has 0 aliphatic heterocycles. The van der Waals surface area contributed by atoms with Gasteiger partial charge in [0.25, 0.3) is 0 Å². The van der Waals surface area contributed by atoms with Crippen molar-refractivity contribution in [2.45, 2.75) is 40.7 Å². The fourth-order valence-corrected chi connectivity index (χ4v) is 2.89. The molecule has 0 N–H and O–H groups in total.